The number of hydrogen-bond donors (Lipinski definition) is 1. The zero-order chi connectivity index (χ0) is 18.8. The molecule has 1 fully saturated rings. The second-order valence-electron chi connectivity index (χ2n) is 8.82. The summed E-state index contributed by atoms with van der Waals surface area (Å²) in [6.07, 6.45) is 1.47. The zero-order valence-electron chi connectivity index (χ0n) is 16.6. The molecule has 0 saturated carbocycles. The molecule has 0 unspecified atom stereocenters. The molecule has 1 amide bonds. The first kappa shape index (κ1) is 20.3. The van der Waals surface area contributed by atoms with Crippen LogP contribution in [0.1, 0.15) is 39.4 Å². The van der Waals surface area contributed by atoms with Crippen LogP contribution in [-0.2, 0) is 4.74 Å². The first-order chi connectivity index (χ1) is 11.4. The van der Waals surface area contributed by atoms with Crippen LogP contribution in [0, 0.1) is 6.92 Å². The van der Waals surface area contributed by atoms with Gasteiger partial charge in [0.15, 0.2) is 0 Å². The van der Waals surface area contributed by atoms with Crippen LogP contribution in [0.25, 0.3) is 0 Å². The molecule has 1 aliphatic heterocycles. The molecule has 1 aliphatic rings. The van der Waals surface area contributed by atoms with E-state index in [-0.39, 0.29) is 12.1 Å². The van der Waals surface area contributed by atoms with E-state index in [0.717, 1.165) is 37.6 Å². The number of hydrogen-bond acceptors (Lipinski definition) is 5. The minimum absolute atomic E-state index is 0.162. The fourth-order valence-corrected chi connectivity index (χ4v) is 5.85. The molecule has 0 spiro atoms. The number of nitrogens with zero attached hydrogens (tertiary/aromatic N) is 3. The first-order valence-corrected chi connectivity index (χ1v) is 19.0. The Labute approximate surface area is 155 Å². The van der Waals surface area contributed by atoms with Gasteiger partial charge in [0, 0.05) is 0 Å². The van der Waals surface area contributed by atoms with Gasteiger partial charge < -0.3 is 0 Å². The molecule has 2 heterocycles. The Balaban J connectivity index is 1.96. The number of aromatic nitrogens is 2. The molecule has 0 radical (unpaired) electrons. The van der Waals surface area contributed by atoms with Crippen molar-refractivity contribution >= 4 is 34.0 Å². The van der Waals surface area contributed by atoms with E-state index in [2.05, 4.69) is 41.1 Å². The van der Waals surface area contributed by atoms with Gasteiger partial charge in [-0.1, -0.05) is 0 Å². The van der Waals surface area contributed by atoms with Crippen LogP contribution in [0.4, 0.5) is 10.6 Å². The summed E-state index contributed by atoms with van der Waals surface area (Å²) in [7, 11) is 0. The number of rotatable bonds is 3. The molecule has 2 rings (SSSR count). The van der Waals surface area contributed by atoms with Crippen molar-refractivity contribution in [3.05, 3.63) is 11.9 Å². The molecular weight excluding hydrogens is 423 g/mol. The number of piperidine rings is 1. The second-order valence-corrected chi connectivity index (χ2v) is 23.1. The number of aryl methyl sites for hydroxylation is 1. The van der Waals surface area contributed by atoms with Crippen molar-refractivity contribution in [1.82, 2.24) is 15.3 Å². The van der Waals surface area contributed by atoms with Crippen LogP contribution in [0.15, 0.2) is 6.07 Å². The van der Waals surface area contributed by atoms with Gasteiger partial charge in [0.1, 0.15) is 0 Å². The molecule has 1 aromatic rings. The molecule has 7 heteroatoms. The molecule has 0 aromatic carbocycles. The number of amides is 1. The average Bonchev–Trinajstić information content (AvgIpc) is 2.44. The minimum atomic E-state index is -2.22. The normalized spacial score (nSPS) is 16.7. The predicted octanol–water partition coefficient (Wildman–Crippen LogP) is 2.82. The summed E-state index contributed by atoms with van der Waals surface area (Å²) in [5.41, 5.74) is -0.460. The van der Waals surface area contributed by atoms with E-state index in [0.29, 0.717) is 0 Å². The Kier molecular flexibility index (Phi) is 6.22. The number of alkyl carbamates (subject to hydrolysis) is 1. The Hall–Kier alpha value is -1.05. The van der Waals surface area contributed by atoms with Crippen molar-refractivity contribution in [2.24, 2.45) is 0 Å². The van der Waals surface area contributed by atoms with Crippen LogP contribution in [0.5, 0.6) is 0 Å². The van der Waals surface area contributed by atoms with E-state index in [1.165, 1.54) is 3.71 Å². The van der Waals surface area contributed by atoms with Crippen LogP contribution < -0.4 is 13.9 Å². The topological polar surface area (TPSA) is 67.4 Å². The Bertz CT molecular complexity index is 614. The van der Waals surface area contributed by atoms with Gasteiger partial charge in [-0.2, -0.15) is 0 Å². The summed E-state index contributed by atoms with van der Waals surface area (Å²) in [5.74, 6) is 1.89. The van der Waals surface area contributed by atoms with E-state index in [9.17, 15) is 4.79 Å². The Morgan fingerprint density at radius 1 is 1.24 bits per heavy atom. The van der Waals surface area contributed by atoms with Crippen molar-refractivity contribution in [1.29, 1.82) is 0 Å². The molecule has 25 heavy (non-hydrogen) atoms. The third-order valence-electron chi connectivity index (χ3n) is 4.13. The monoisotopic (exact) mass is 456 g/mol. The average molecular weight is 455 g/mol. The third kappa shape index (κ3) is 6.31. The molecule has 0 bridgehead atoms. The maximum absolute atomic E-state index is 11.9. The van der Waals surface area contributed by atoms with Crippen molar-refractivity contribution in [2.75, 3.05) is 18.0 Å². The van der Waals surface area contributed by atoms with Gasteiger partial charge in [0.05, 0.1) is 0 Å². The van der Waals surface area contributed by atoms with Crippen LogP contribution in [-0.4, -0.2) is 59.2 Å². The van der Waals surface area contributed by atoms with Gasteiger partial charge in [0.2, 0.25) is 0 Å². The number of carbonyl (C=O) groups excluding carboxylic acids is 1. The van der Waals surface area contributed by atoms with E-state index < -0.39 is 24.0 Å². The van der Waals surface area contributed by atoms with Crippen LogP contribution in [0.2, 0.25) is 14.8 Å². The first-order valence-electron chi connectivity index (χ1n) is 9.05. The number of anilines is 1. The fourth-order valence-electron chi connectivity index (χ4n) is 2.83. The Morgan fingerprint density at radius 2 is 1.84 bits per heavy atom. The number of ether oxygens (including phenoxy) is 1. The molecule has 140 valence electrons. The predicted molar refractivity (Wildman–Crippen MR) is 104 cm³/mol. The van der Waals surface area contributed by atoms with Gasteiger partial charge in [-0.25, -0.2) is 0 Å². The summed E-state index contributed by atoms with van der Waals surface area (Å²) in [4.78, 5) is 30.7. The van der Waals surface area contributed by atoms with Crippen molar-refractivity contribution in [3.63, 3.8) is 0 Å². The van der Waals surface area contributed by atoms with Gasteiger partial charge in [-0.15, -0.1) is 0 Å². The van der Waals surface area contributed by atoms with E-state index in [1.807, 2.05) is 27.7 Å². The molecule has 0 aliphatic carbocycles. The SMILES string of the molecule is Cc1nc(N2CCC(NC(=O)OC(C)(C)C)CC2)c[c]([Sn]([CH3])([CH3])[CH3])n1. The van der Waals surface area contributed by atoms with Gasteiger partial charge in [0.25, 0.3) is 0 Å². The second kappa shape index (κ2) is 7.68. The van der Waals surface area contributed by atoms with Gasteiger partial charge >= 0.3 is 156 Å². The van der Waals surface area contributed by atoms with Gasteiger partial charge in [-0.05, 0) is 0 Å². The standard InChI is InChI=1S/C15H23N4O2.3CH3.Sn/c1-11-16-8-5-13(17-11)19-9-6-12(7-10-19)18-14(20)21-15(2,3)4;;;;/h5,12H,6-7,9-10H2,1-4H3,(H,18,20);3*1H3;. The molecule has 1 aromatic heterocycles. The molecule has 0 atom stereocenters. The van der Waals surface area contributed by atoms with Crippen LogP contribution >= 0.6 is 0 Å². The quantitative estimate of drug-likeness (QED) is 0.711. The Morgan fingerprint density at radius 3 is 2.36 bits per heavy atom. The molecule has 6 nitrogen and oxygen atoms in total. The summed E-state index contributed by atoms with van der Waals surface area (Å²) >= 11 is -2.22. The van der Waals surface area contributed by atoms with E-state index in [1.54, 1.807) is 0 Å². The third-order valence-corrected chi connectivity index (χ3v) is 9.25. The van der Waals surface area contributed by atoms with E-state index in [4.69, 9.17) is 4.74 Å². The van der Waals surface area contributed by atoms with E-state index >= 15 is 0 Å². The summed E-state index contributed by atoms with van der Waals surface area (Å²) in [5, 5.41) is 2.98. The maximum atomic E-state index is 11.9. The van der Waals surface area contributed by atoms with Crippen LogP contribution in [0.3, 0.4) is 0 Å². The zero-order valence-corrected chi connectivity index (χ0v) is 19.5. The molecular formula is C18H32N4O2Sn. The van der Waals surface area contributed by atoms with Crippen molar-refractivity contribution < 1.29 is 9.53 Å². The number of nitrogens with one attached hydrogen (secondary N) is 1. The van der Waals surface area contributed by atoms with Crippen molar-refractivity contribution in [3.8, 4) is 0 Å². The summed E-state index contributed by atoms with van der Waals surface area (Å²) < 4.78 is 6.61. The van der Waals surface area contributed by atoms with Crippen molar-refractivity contribution in [2.45, 2.75) is 67.0 Å². The fraction of sp³-hybridized carbons (Fsp3) is 0.722. The molecule has 1 N–H and O–H groups in total. The van der Waals surface area contributed by atoms with Gasteiger partial charge in [-0.3, -0.25) is 0 Å². The number of carbonyl (C=O) groups is 1. The molecule has 1 saturated heterocycles. The summed E-state index contributed by atoms with van der Waals surface area (Å²) in [6, 6.07) is 2.35. The summed E-state index contributed by atoms with van der Waals surface area (Å²) in [6.45, 7) is 9.38.